The molecule has 0 fully saturated rings. The summed E-state index contributed by atoms with van der Waals surface area (Å²) in [6.07, 6.45) is -2.74. The molecular weight excluding hydrogens is 1060 g/mol. The molecule has 17 nitrogen and oxygen atoms in total. The lowest BCUT2D eigenvalue weighted by atomic mass is 10.9. The minimum Gasteiger partial charge on any atom is -0.365 e. The van der Waals surface area contributed by atoms with Gasteiger partial charge in [-0.2, -0.15) is 8.78 Å². The summed E-state index contributed by atoms with van der Waals surface area (Å²) in [5.41, 5.74) is -3.45. The van der Waals surface area contributed by atoms with Crippen LogP contribution in [0.15, 0.2) is 0 Å². The van der Waals surface area contributed by atoms with Gasteiger partial charge in [0.05, 0.1) is 6.26 Å². The van der Waals surface area contributed by atoms with E-state index in [9.17, 15) is 31.6 Å². The Kier molecular flexibility index (Phi) is 88.7. The third kappa shape index (κ3) is 144. The molecule has 0 spiro atoms. The zero-order chi connectivity index (χ0) is 45.2. The maximum absolute atomic E-state index is 11.7. The van der Waals surface area contributed by atoms with Crippen LogP contribution in [0.2, 0.25) is 0 Å². The fourth-order valence-electron chi connectivity index (χ4n) is 0. The number of halogens is 4. The summed E-state index contributed by atoms with van der Waals surface area (Å²) in [5.74, 6) is 0. The van der Waals surface area contributed by atoms with Crippen molar-refractivity contribution in [3.63, 3.8) is 0 Å². The molecule has 8 atom stereocenters. The number of alkyl halides is 4. The van der Waals surface area contributed by atoms with Crippen molar-refractivity contribution in [3.8, 4) is 0 Å². The molecule has 0 saturated carbocycles. The Morgan fingerprint density at radius 2 is 0.700 bits per heavy atom. The van der Waals surface area contributed by atoms with Gasteiger partial charge in [0.25, 0.3) is 14.9 Å². The molecule has 0 aromatic rings. The van der Waals surface area contributed by atoms with E-state index in [1.165, 1.54) is 48.2 Å². The molecule has 0 aliphatic rings. The molecule has 0 radical (unpaired) electrons. The molecule has 0 aliphatic heterocycles. The minimum atomic E-state index is -4.18. The Hall–Kier alpha value is 3.06. The van der Waals surface area contributed by atoms with E-state index in [0.717, 1.165) is 19.5 Å². The van der Waals surface area contributed by atoms with Gasteiger partial charge in [0.15, 0.2) is 17.9 Å². The first kappa shape index (κ1) is 110. The van der Waals surface area contributed by atoms with Gasteiger partial charge in [0.2, 0.25) is 7.37 Å². The van der Waals surface area contributed by atoms with Gasteiger partial charge < -0.3 is 48.2 Å². The van der Waals surface area contributed by atoms with Crippen LogP contribution in [0.25, 0.3) is 0 Å². The monoisotopic (exact) mass is 1150 g/mol. The van der Waals surface area contributed by atoms with Gasteiger partial charge in [0, 0.05) is 74.0 Å². The Morgan fingerprint density at radius 3 is 0.700 bits per heavy atom. The number of hydrogen-bond acceptors (Lipinski definition) is 10. The molecule has 392 valence electrons. The number of nitrogens with one attached hydrogen (secondary N) is 2. The summed E-state index contributed by atoms with van der Waals surface area (Å²) in [6.45, 7) is 13.3. The third-order valence-electron chi connectivity index (χ3n) is 4.14. The van der Waals surface area contributed by atoms with E-state index in [2.05, 4.69) is 54.6 Å². The predicted molar refractivity (Wildman–Crippen MR) is 284 cm³/mol. The molecule has 8 unspecified atom stereocenters. The summed E-state index contributed by atoms with van der Waals surface area (Å²) in [4.78, 5) is 67.5. The zero-order valence-corrected chi connectivity index (χ0v) is 43.3. The Morgan fingerprint density at radius 1 is 0.567 bits per heavy atom. The normalized spacial score (nSPS) is 17.3. The fraction of sp³-hybridized carbons (Fsp3) is 1.00. The first-order valence-corrected chi connectivity index (χ1v) is 34.6. The molecular formula is C28H94Cl2F2N2O15P8S3. The zero-order valence-electron chi connectivity index (χ0n) is 32.2. The van der Waals surface area contributed by atoms with Crippen molar-refractivity contribution in [1.29, 1.82) is 0 Å². The number of rotatable bonds is 8. The lowest BCUT2D eigenvalue weighted by Gasteiger charge is -2.15. The van der Waals surface area contributed by atoms with E-state index in [0.29, 0.717) is 19.8 Å². The lowest BCUT2D eigenvalue weighted by Crippen LogP contribution is -2.08. The molecule has 0 saturated heterocycles. The summed E-state index contributed by atoms with van der Waals surface area (Å²) in [5, 5.41) is 4.80. The summed E-state index contributed by atoms with van der Waals surface area (Å²) in [6, 6.07) is 0. The molecule has 0 heterocycles. The molecule has 0 bridgehead atoms. The summed E-state index contributed by atoms with van der Waals surface area (Å²) in [7, 11) is -10.5. The maximum atomic E-state index is 11.7. The van der Waals surface area contributed by atoms with Crippen LogP contribution in [0.3, 0.4) is 0 Å². The highest BCUT2D eigenvalue weighted by atomic mass is 35.5. The third-order valence-corrected chi connectivity index (χ3v) is 16.1. The van der Waals surface area contributed by atoms with Gasteiger partial charge >= 0.3 is 13.3 Å². The van der Waals surface area contributed by atoms with Crippen LogP contribution >= 0.6 is 79.6 Å². The maximum Gasteiger partial charge on any atom is 0.324 e. The van der Waals surface area contributed by atoms with Crippen molar-refractivity contribution in [2.24, 2.45) is 0 Å². The quantitative estimate of drug-likeness (QED) is 0.0798. The second kappa shape index (κ2) is 48.5. The van der Waals surface area contributed by atoms with Crippen LogP contribution in [-0.2, 0) is 67.3 Å². The highest BCUT2D eigenvalue weighted by molar-refractivity contribution is 8.11. The first-order chi connectivity index (χ1) is 21.9. The van der Waals surface area contributed by atoms with Crippen LogP contribution < -0.4 is 10.2 Å². The van der Waals surface area contributed by atoms with E-state index in [1.807, 2.05) is 6.92 Å². The standard InChI is InChI=1S/C3H7Cl2O2P.C3H7F2O2P.C3H9O2P.C3H9OPS.C2H8NO2P.C2H8NOPS.C2H7O3P.C2H7O2PS.8CH4/c2*1-3(4,5)8(2,6)7;1-3-6(2,4)5;1-3-5(2,4)6;1-3-6(2,4)5;1-3-5(2,4)6;1-5-6(2,3)4;1-4-5(2,3)6;;;;;;;;/h2*1-2H3,(H,6,7);3H2,1-2H3,(H,4,5);3H2,1-2H3,(H,4,6);1-2H3,(H2,3,4,5);1-2H3,(H2,3,4,6);1-2H3,(H,3,4);1-2H3,(H,3,6);8*1H4. The van der Waals surface area contributed by atoms with Crippen LogP contribution in [0.5, 0.6) is 0 Å². The fourth-order valence-corrected chi connectivity index (χ4v) is 0. The summed E-state index contributed by atoms with van der Waals surface area (Å²) >= 11 is 24.1. The molecule has 0 amide bonds. The second-order valence-electron chi connectivity index (χ2n) is 10.4. The highest BCUT2D eigenvalue weighted by Gasteiger charge is 2.39. The molecule has 0 rings (SSSR count). The largest absolute Gasteiger partial charge is 0.365 e. The molecule has 32 heteroatoms. The van der Waals surface area contributed by atoms with Gasteiger partial charge in [-0.05, 0) is 45.7 Å². The molecule has 0 aromatic carbocycles. The average Bonchev–Trinajstić information content (AvgIpc) is 2.86. The van der Waals surface area contributed by atoms with Crippen molar-refractivity contribution in [2.45, 2.75) is 96.8 Å². The van der Waals surface area contributed by atoms with Gasteiger partial charge in [-0.3, -0.25) is 27.9 Å². The molecule has 0 aromatic heterocycles. The van der Waals surface area contributed by atoms with Crippen molar-refractivity contribution < 1.29 is 79.8 Å². The van der Waals surface area contributed by atoms with E-state index in [1.54, 1.807) is 27.3 Å². The Balaban J connectivity index is -0.0000000259. The van der Waals surface area contributed by atoms with Gasteiger partial charge in [-0.25, -0.2) is 5.09 Å². The smallest absolute Gasteiger partial charge is 0.324 e. The number of hydrogen-bond donors (Lipinski definition) is 10. The lowest BCUT2D eigenvalue weighted by molar-refractivity contribution is 0.0989. The van der Waals surface area contributed by atoms with Crippen molar-refractivity contribution in [3.05, 3.63) is 0 Å². The first-order valence-electron chi connectivity index (χ1n) is 13.5. The highest BCUT2D eigenvalue weighted by Crippen LogP contribution is 2.56. The molecule has 60 heavy (non-hydrogen) atoms. The molecule has 0 aliphatic carbocycles. The van der Waals surface area contributed by atoms with Crippen LogP contribution in [-0.4, -0.2) is 143 Å². The Bertz CT molecular complexity index is 1110. The van der Waals surface area contributed by atoms with Gasteiger partial charge in [0.1, 0.15) is 6.42 Å². The van der Waals surface area contributed by atoms with Crippen LogP contribution in [0.4, 0.5) is 8.78 Å². The second-order valence-corrected chi connectivity index (χ2v) is 38.1. The van der Waals surface area contributed by atoms with Crippen molar-refractivity contribution >= 4 is 115 Å². The SMILES string of the molecule is C.C.C.C.C.C.C.C.CC(Cl)(Cl)P(C)(=O)O.CC(F)(F)P(C)(=O)O.CCP(C)(=O)O.CCP(C)(O)=S.CNP(C)(=O)O.CNP(C)(O)=S.COP(C)(=O)O.COP(C)(O)=S. The van der Waals surface area contributed by atoms with E-state index in [4.69, 9.17) is 62.3 Å². The van der Waals surface area contributed by atoms with E-state index >= 15 is 0 Å². The topological polar surface area (TPSA) is 290 Å². The Labute approximate surface area is 393 Å². The van der Waals surface area contributed by atoms with E-state index in [-0.39, 0.29) is 59.4 Å². The predicted octanol–water partition coefficient (Wildman–Crippen LogP) is 11.7. The van der Waals surface area contributed by atoms with Crippen LogP contribution in [0, 0.1) is 0 Å². The van der Waals surface area contributed by atoms with Gasteiger partial charge in [-0.1, -0.05) is 120 Å². The van der Waals surface area contributed by atoms with Gasteiger partial charge in [-0.15, -0.1) is 0 Å². The molecule has 10 N–H and O–H groups in total. The van der Waals surface area contributed by atoms with Crippen molar-refractivity contribution in [1.82, 2.24) is 10.2 Å². The minimum absolute atomic E-state index is 0. The van der Waals surface area contributed by atoms with Crippen LogP contribution in [0.1, 0.15) is 87.1 Å². The average molecular weight is 1150 g/mol. The van der Waals surface area contributed by atoms with Crippen molar-refractivity contribution in [2.75, 3.05) is 94.0 Å². The van der Waals surface area contributed by atoms with E-state index < -0.39 is 66.1 Å². The summed E-state index contributed by atoms with van der Waals surface area (Å²) < 4.78 is 81.0.